The standard InChI is InChI=1S/C22H28FN3O4S/c1-5-19(22(28)24-3)25(14-17-10-8-9-16(2)13-17)21(27)15-26(31(4,29)30)20-12-7-6-11-18(20)23/h6-13,19H,5,14-15H2,1-4H3,(H,24,28). The summed E-state index contributed by atoms with van der Waals surface area (Å²) >= 11 is 0. The van der Waals surface area contributed by atoms with Gasteiger partial charge in [-0.2, -0.15) is 0 Å². The lowest BCUT2D eigenvalue weighted by molar-refractivity contribution is -0.140. The van der Waals surface area contributed by atoms with Gasteiger partial charge in [-0.05, 0) is 31.0 Å². The summed E-state index contributed by atoms with van der Waals surface area (Å²) in [6.07, 6.45) is 1.24. The number of anilines is 1. The van der Waals surface area contributed by atoms with Gasteiger partial charge in [0, 0.05) is 13.6 Å². The first kappa shape index (κ1) is 24.3. The highest BCUT2D eigenvalue weighted by Crippen LogP contribution is 2.22. The summed E-state index contributed by atoms with van der Waals surface area (Å²) in [5.41, 5.74) is 1.57. The highest BCUT2D eigenvalue weighted by atomic mass is 32.2. The van der Waals surface area contributed by atoms with Crippen LogP contribution in [0.4, 0.5) is 10.1 Å². The summed E-state index contributed by atoms with van der Waals surface area (Å²) in [5, 5.41) is 2.55. The molecular weight excluding hydrogens is 421 g/mol. The molecule has 168 valence electrons. The van der Waals surface area contributed by atoms with Crippen molar-refractivity contribution < 1.29 is 22.4 Å². The number of hydrogen-bond donors (Lipinski definition) is 1. The van der Waals surface area contributed by atoms with Gasteiger partial charge in [0.25, 0.3) is 0 Å². The predicted octanol–water partition coefficient (Wildman–Crippen LogP) is 2.45. The molecule has 0 radical (unpaired) electrons. The van der Waals surface area contributed by atoms with Crippen LogP contribution >= 0.6 is 0 Å². The predicted molar refractivity (Wildman–Crippen MR) is 118 cm³/mol. The second-order valence-corrected chi connectivity index (χ2v) is 9.18. The Bertz CT molecular complexity index is 1040. The van der Waals surface area contributed by atoms with Crippen molar-refractivity contribution in [3.63, 3.8) is 0 Å². The minimum absolute atomic E-state index is 0.112. The molecule has 2 aromatic carbocycles. The Morgan fingerprint density at radius 3 is 2.35 bits per heavy atom. The second-order valence-electron chi connectivity index (χ2n) is 7.27. The number of hydrogen-bond acceptors (Lipinski definition) is 4. The van der Waals surface area contributed by atoms with Crippen molar-refractivity contribution in [2.45, 2.75) is 32.9 Å². The van der Waals surface area contributed by atoms with Crippen LogP contribution < -0.4 is 9.62 Å². The van der Waals surface area contributed by atoms with Crippen LogP contribution in [0, 0.1) is 12.7 Å². The van der Waals surface area contributed by atoms with Crippen molar-refractivity contribution in [1.82, 2.24) is 10.2 Å². The maximum Gasteiger partial charge on any atom is 0.244 e. The molecule has 2 amide bonds. The molecule has 0 fully saturated rings. The molecule has 31 heavy (non-hydrogen) atoms. The van der Waals surface area contributed by atoms with Crippen molar-refractivity contribution in [1.29, 1.82) is 0 Å². The Kier molecular flexibility index (Phi) is 8.15. The van der Waals surface area contributed by atoms with E-state index in [2.05, 4.69) is 5.32 Å². The number of likely N-dealkylation sites (N-methyl/N-ethyl adjacent to an activating group) is 1. The van der Waals surface area contributed by atoms with Gasteiger partial charge in [0.05, 0.1) is 11.9 Å². The van der Waals surface area contributed by atoms with Gasteiger partial charge in [-0.25, -0.2) is 12.8 Å². The number of carbonyl (C=O) groups is 2. The summed E-state index contributed by atoms with van der Waals surface area (Å²) in [6.45, 7) is 3.16. The number of carbonyl (C=O) groups excluding carboxylic acids is 2. The molecule has 1 unspecified atom stereocenters. The average Bonchev–Trinajstić information content (AvgIpc) is 2.71. The lowest BCUT2D eigenvalue weighted by atomic mass is 10.1. The summed E-state index contributed by atoms with van der Waals surface area (Å²) in [5.74, 6) is -1.73. The number of halogens is 1. The maximum atomic E-state index is 14.3. The lowest BCUT2D eigenvalue weighted by Gasteiger charge is -2.32. The molecule has 0 aliphatic carbocycles. The van der Waals surface area contributed by atoms with Crippen LogP contribution in [0.2, 0.25) is 0 Å². The highest BCUT2D eigenvalue weighted by Gasteiger charge is 2.32. The second kappa shape index (κ2) is 10.4. The van der Waals surface area contributed by atoms with Crippen molar-refractivity contribution in [3.8, 4) is 0 Å². The monoisotopic (exact) mass is 449 g/mol. The van der Waals surface area contributed by atoms with E-state index in [1.807, 2.05) is 31.2 Å². The zero-order chi connectivity index (χ0) is 23.2. The van der Waals surface area contributed by atoms with Gasteiger partial charge in [-0.3, -0.25) is 13.9 Å². The largest absolute Gasteiger partial charge is 0.357 e. The van der Waals surface area contributed by atoms with Gasteiger partial charge in [-0.15, -0.1) is 0 Å². The number of amides is 2. The zero-order valence-corrected chi connectivity index (χ0v) is 18.9. The molecule has 7 nitrogen and oxygen atoms in total. The maximum absolute atomic E-state index is 14.3. The van der Waals surface area contributed by atoms with Crippen molar-refractivity contribution >= 4 is 27.5 Å². The van der Waals surface area contributed by atoms with Gasteiger partial charge >= 0.3 is 0 Å². The van der Waals surface area contributed by atoms with E-state index < -0.39 is 34.3 Å². The molecule has 1 atom stereocenters. The number of sulfonamides is 1. The van der Waals surface area contributed by atoms with Crippen LogP contribution in [-0.4, -0.2) is 51.0 Å². The fourth-order valence-corrected chi connectivity index (χ4v) is 4.19. The van der Waals surface area contributed by atoms with Gasteiger partial charge < -0.3 is 10.2 Å². The average molecular weight is 450 g/mol. The molecule has 0 aliphatic heterocycles. The number of rotatable bonds is 9. The van der Waals surface area contributed by atoms with Crippen LogP contribution in [0.15, 0.2) is 48.5 Å². The first-order chi connectivity index (χ1) is 14.6. The molecule has 0 spiro atoms. The summed E-state index contributed by atoms with van der Waals surface area (Å²) < 4.78 is 39.8. The first-order valence-electron chi connectivity index (χ1n) is 9.87. The van der Waals surface area contributed by atoms with E-state index in [1.165, 1.54) is 30.1 Å². The quantitative estimate of drug-likeness (QED) is 0.637. The van der Waals surface area contributed by atoms with Gasteiger partial charge in [0.15, 0.2) is 0 Å². The topological polar surface area (TPSA) is 86.8 Å². The van der Waals surface area contributed by atoms with Gasteiger partial charge in [-0.1, -0.05) is 48.9 Å². The molecular formula is C22H28FN3O4S. The van der Waals surface area contributed by atoms with Crippen molar-refractivity contribution in [3.05, 3.63) is 65.5 Å². The Balaban J connectivity index is 2.44. The Hall–Kier alpha value is -2.94. The minimum atomic E-state index is -3.96. The zero-order valence-electron chi connectivity index (χ0n) is 18.1. The minimum Gasteiger partial charge on any atom is -0.357 e. The van der Waals surface area contributed by atoms with E-state index in [0.717, 1.165) is 27.8 Å². The normalized spacial score (nSPS) is 12.2. The van der Waals surface area contributed by atoms with E-state index in [0.29, 0.717) is 6.42 Å². The highest BCUT2D eigenvalue weighted by molar-refractivity contribution is 7.92. The Morgan fingerprint density at radius 2 is 1.81 bits per heavy atom. The van der Waals surface area contributed by atoms with Crippen LogP contribution in [-0.2, 0) is 26.2 Å². The van der Waals surface area contributed by atoms with Crippen LogP contribution in [0.3, 0.4) is 0 Å². The third-order valence-corrected chi connectivity index (χ3v) is 5.99. The Morgan fingerprint density at radius 1 is 1.13 bits per heavy atom. The molecule has 0 heterocycles. The van der Waals surface area contributed by atoms with E-state index in [9.17, 15) is 22.4 Å². The molecule has 0 aliphatic rings. The fourth-order valence-electron chi connectivity index (χ4n) is 3.34. The molecule has 0 bridgehead atoms. The molecule has 2 rings (SSSR count). The van der Waals surface area contributed by atoms with Crippen molar-refractivity contribution in [2.24, 2.45) is 0 Å². The summed E-state index contributed by atoms with van der Waals surface area (Å²) in [7, 11) is -2.49. The molecule has 0 saturated heterocycles. The molecule has 1 N–H and O–H groups in total. The third kappa shape index (κ3) is 6.27. The number of nitrogens with one attached hydrogen (secondary N) is 1. The number of nitrogens with zero attached hydrogens (tertiary/aromatic N) is 2. The van der Waals surface area contributed by atoms with Gasteiger partial charge in [0.2, 0.25) is 21.8 Å². The van der Waals surface area contributed by atoms with Crippen LogP contribution in [0.25, 0.3) is 0 Å². The SMILES string of the molecule is CCC(C(=O)NC)N(Cc1cccc(C)c1)C(=O)CN(c1ccccc1F)S(C)(=O)=O. The van der Waals surface area contributed by atoms with Crippen LogP contribution in [0.5, 0.6) is 0 Å². The van der Waals surface area contributed by atoms with E-state index >= 15 is 0 Å². The number of para-hydroxylation sites is 1. The fraction of sp³-hybridized carbons (Fsp3) is 0.364. The Labute approximate surface area is 182 Å². The third-order valence-electron chi connectivity index (χ3n) is 4.87. The molecule has 2 aromatic rings. The molecule has 9 heteroatoms. The molecule has 0 saturated carbocycles. The lowest BCUT2D eigenvalue weighted by Crippen LogP contribution is -2.51. The number of aryl methyl sites for hydroxylation is 1. The van der Waals surface area contributed by atoms with Gasteiger partial charge in [0.1, 0.15) is 18.4 Å². The first-order valence-corrected chi connectivity index (χ1v) is 11.7. The van der Waals surface area contributed by atoms with E-state index in [1.54, 1.807) is 6.92 Å². The van der Waals surface area contributed by atoms with Crippen LogP contribution in [0.1, 0.15) is 24.5 Å². The van der Waals surface area contributed by atoms with E-state index in [-0.39, 0.29) is 18.1 Å². The summed E-state index contributed by atoms with van der Waals surface area (Å²) in [6, 6.07) is 12.0. The summed E-state index contributed by atoms with van der Waals surface area (Å²) in [4.78, 5) is 27.1. The van der Waals surface area contributed by atoms with Crippen molar-refractivity contribution in [2.75, 3.05) is 24.2 Å². The smallest absolute Gasteiger partial charge is 0.244 e. The number of benzene rings is 2. The van der Waals surface area contributed by atoms with E-state index in [4.69, 9.17) is 0 Å². The molecule has 0 aromatic heterocycles.